The summed E-state index contributed by atoms with van der Waals surface area (Å²) < 4.78 is 51.6. The molecule has 0 saturated carbocycles. The molecule has 9 nitrogen and oxygen atoms in total. The minimum Gasteiger partial charge on any atom is -0.340 e. The van der Waals surface area contributed by atoms with Gasteiger partial charge >= 0.3 is 0 Å². The number of halogens is 1. The van der Waals surface area contributed by atoms with Crippen LogP contribution < -0.4 is 5.14 Å². The van der Waals surface area contributed by atoms with E-state index in [1.54, 1.807) is 29.2 Å². The van der Waals surface area contributed by atoms with Crippen molar-refractivity contribution in [3.05, 3.63) is 28.7 Å². The summed E-state index contributed by atoms with van der Waals surface area (Å²) >= 11 is 3.28. The van der Waals surface area contributed by atoms with Crippen molar-refractivity contribution in [2.24, 2.45) is 11.1 Å². The largest absolute Gasteiger partial charge is 0.340 e. The molecule has 3 rings (SSSR count). The van der Waals surface area contributed by atoms with Crippen LogP contribution in [0.2, 0.25) is 0 Å². The Balaban J connectivity index is 1.57. The number of carbonyl (C=O) groups is 1. The van der Waals surface area contributed by atoms with Gasteiger partial charge in [-0.1, -0.05) is 22.0 Å². The maximum Gasteiger partial charge on any atom is 0.276 e. The zero-order valence-electron chi connectivity index (χ0n) is 15.2. The van der Waals surface area contributed by atoms with Crippen molar-refractivity contribution in [3.8, 4) is 0 Å². The molecule has 0 radical (unpaired) electrons. The van der Waals surface area contributed by atoms with Gasteiger partial charge < -0.3 is 4.90 Å². The second-order valence-electron chi connectivity index (χ2n) is 6.91. The highest BCUT2D eigenvalue weighted by Gasteiger charge is 2.35. The Labute approximate surface area is 173 Å². The normalized spacial score (nSPS) is 21.0. The van der Waals surface area contributed by atoms with E-state index < -0.39 is 20.2 Å². The lowest BCUT2D eigenvalue weighted by Gasteiger charge is -2.37. The third kappa shape index (κ3) is 4.74. The molecule has 2 N–H and O–H groups in total. The van der Waals surface area contributed by atoms with E-state index in [0.717, 1.165) is 0 Å². The standard InChI is InChI=1S/C16H23BrN4O5S2/c17-14-2-1-3-15(12-14)27(23,24)20-10-8-19(9-11-20)16(22)13-4-6-21(7-5-13)28(18,25)26/h1-3,12-13H,4-11H2,(H2,18,25,26). The number of sulfonamides is 1. The van der Waals surface area contributed by atoms with Crippen molar-refractivity contribution >= 4 is 42.1 Å². The summed E-state index contributed by atoms with van der Waals surface area (Å²) in [6.07, 6.45) is 0.845. The van der Waals surface area contributed by atoms with E-state index in [9.17, 15) is 21.6 Å². The van der Waals surface area contributed by atoms with Gasteiger partial charge in [-0.2, -0.15) is 17.0 Å². The Morgan fingerprint density at radius 1 is 0.964 bits per heavy atom. The lowest BCUT2D eigenvalue weighted by atomic mass is 9.96. The first-order valence-electron chi connectivity index (χ1n) is 8.91. The fourth-order valence-electron chi connectivity index (χ4n) is 3.54. The van der Waals surface area contributed by atoms with Gasteiger partial charge in [0.2, 0.25) is 15.9 Å². The van der Waals surface area contributed by atoms with Crippen molar-refractivity contribution in [1.82, 2.24) is 13.5 Å². The number of amides is 1. The topological polar surface area (TPSA) is 121 Å². The van der Waals surface area contributed by atoms with E-state index >= 15 is 0 Å². The van der Waals surface area contributed by atoms with Crippen molar-refractivity contribution < 1.29 is 21.6 Å². The highest BCUT2D eigenvalue weighted by Crippen LogP contribution is 2.24. The molecule has 0 spiro atoms. The van der Waals surface area contributed by atoms with Gasteiger partial charge in [-0.3, -0.25) is 4.79 Å². The Bertz CT molecular complexity index is 938. The second kappa shape index (κ2) is 8.36. The first-order chi connectivity index (χ1) is 13.1. The van der Waals surface area contributed by atoms with Gasteiger partial charge in [0.25, 0.3) is 10.2 Å². The summed E-state index contributed by atoms with van der Waals surface area (Å²) in [7, 11) is -7.33. The number of piperazine rings is 1. The van der Waals surface area contributed by atoms with Crippen molar-refractivity contribution in [1.29, 1.82) is 0 Å². The van der Waals surface area contributed by atoms with E-state index in [4.69, 9.17) is 5.14 Å². The summed E-state index contributed by atoms with van der Waals surface area (Å²) in [4.78, 5) is 14.6. The van der Waals surface area contributed by atoms with Gasteiger partial charge in [0.15, 0.2) is 0 Å². The molecule has 2 heterocycles. The van der Waals surface area contributed by atoms with Gasteiger partial charge in [-0.15, -0.1) is 0 Å². The number of hydrogen-bond donors (Lipinski definition) is 1. The van der Waals surface area contributed by atoms with Crippen LogP contribution in [0.25, 0.3) is 0 Å². The molecule has 1 amide bonds. The monoisotopic (exact) mass is 494 g/mol. The van der Waals surface area contributed by atoms with Crippen LogP contribution >= 0.6 is 15.9 Å². The zero-order chi connectivity index (χ0) is 20.5. The zero-order valence-corrected chi connectivity index (χ0v) is 18.4. The maximum atomic E-state index is 12.8. The number of rotatable bonds is 4. The lowest BCUT2D eigenvalue weighted by molar-refractivity contribution is -0.137. The second-order valence-corrected chi connectivity index (χ2v) is 11.3. The molecule has 2 aliphatic heterocycles. The number of piperidine rings is 1. The van der Waals surface area contributed by atoms with Crippen LogP contribution in [-0.2, 0) is 25.0 Å². The molecule has 0 unspecified atom stereocenters. The van der Waals surface area contributed by atoms with Crippen molar-refractivity contribution in [3.63, 3.8) is 0 Å². The van der Waals surface area contributed by atoms with E-state index in [0.29, 0.717) is 30.4 Å². The van der Waals surface area contributed by atoms with Crippen LogP contribution in [0, 0.1) is 5.92 Å². The molecular weight excluding hydrogens is 472 g/mol. The third-order valence-electron chi connectivity index (χ3n) is 5.15. The van der Waals surface area contributed by atoms with E-state index in [-0.39, 0.29) is 42.9 Å². The van der Waals surface area contributed by atoms with E-state index in [2.05, 4.69) is 15.9 Å². The molecule has 2 fully saturated rings. The summed E-state index contributed by atoms with van der Waals surface area (Å²) in [5.41, 5.74) is 0. The molecule has 156 valence electrons. The third-order valence-corrected chi connectivity index (χ3v) is 8.62. The molecule has 2 aliphatic rings. The van der Waals surface area contributed by atoms with Gasteiger partial charge in [0.05, 0.1) is 4.90 Å². The number of benzene rings is 1. The lowest BCUT2D eigenvalue weighted by Crippen LogP contribution is -2.53. The molecule has 0 aromatic heterocycles. The minimum absolute atomic E-state index is 0.0476. The molecular formula is C16H23BrN4O5S2. The predicted molar refractivity (Wildman–Crippen MR) is 107 cm³/mol. The number of nitrogens with zero attached hydrogens (tertiary/aromatic N) is 3. The quantitative estimate of drug-likeness (QED) is 0.640. The van der Waals surface area contributed by atoms with Crippen LogP contribution in [0.3, 0.4) is 0 Å². The predicted octanol–water partition coefficient (Wildman–Crippen LogP) is 0.198. The summed E-state index contributed by atoms with van der Waals surface area (Å²) in [5, 5.41) is 5.13. The first-order valence-corrected chi connectivity index (χ1v) is 12.6. The van der Waals surface area contributed by atoms with Crippen molar-refractivity contribution in [2.45, 2.75) is 17.7 Å². The van der Waals surface area contributed by atoms with Gasteiger partial charge in [0, 0.05) is 49.7 Å². The van der Waals surface area contributed by atoms with E-state index in [1.165, 1.54) is 8.61 Å². The summed E-state index contributed by atoms with van der Waals surface area (Å²) in [6, 6.07) is 6.55. The number of nitrogens with two attached hydrogens (primary N) is 1. The smallest absolute Gasteiger partial charge is 0.276 e. The fraction of sp³-hybridized carbons (Fsp3) is 0.562. The molecule has 1 aromatic carbocycles. The summed E-state index contributed by atoms with van der Waals surface area (Å²) in [5.74, 6) is -0.306. The fourth-order valence-corrected chi connectivity index (χ4v) is 6.28. The Morgan fingerprint density at radius 2 is 1.57 bits per heavy atom. The van der Waals surface area contributed by atoms with Crippen LogP contribution in [0.4, 0.5) is 0 Å². The highest BCUT2D eigenvalue weighted by molar-refractivity contribution is 9.10. The first kappa shape index (κ1) is 21.7. The Morgan fingerprint density at radius 3 is 2.11 bits per heavy atom. The Kier molecular flexibility index (Phi) is 6.47. The molecule has 12 heteroatoms. The van der Waals surface area contributed by atoms with Gasteiger partial charge in [-0.25, -0.2) is 13.6 Å². The molecule has 0 aliphatic carbocycles. The molecule has 1 aromatic rings. The average molecular weight is 495 g/mol. The SMILES string of the molecule is NS(=O)(=O)N1CCC(C(=O)N2CCN(S(=O)(=O)c3cccc(Br)c3)CC2)CC1. The molecule has 28 heavy (non-hydrogen) atoms. The molecule has 0 atom stereocenters. The number of carbonyl (C=O) groups excluding carboxylic acids is 1. The molecule has 0 bridgehead atoms. The minimum atomic E-state index is -3.72. The van der Waals surface area contributed by atoms with Crippen molar-refractivity contribution in [2.75, 3.05) is 39.3 Å². The van der Waals surface area contributed by atoms with E-state index in [1.807, 2.05) is 0 Å². The average Bonchev–Trinajstić information content (AvgIpc) is 2.67. The van der Waals surface area contributed by atoms with Crippen LogP contribution in [0.1, 0.15) is 12.8 Å². The van der Waals surface area contributed by atoms with Crippen LogP contribution in [-0.4, -0.2) is 75.5 Å². The number of hydrogen-bond acceptors (Lipinski definition) is 5. The molecule has 2 saturated heterocycles. The van der Waals surface area contributed by atoms with Gasteiger partial charge in [-0.05, 0) is 31.0 Å². The van der Waals surface area contributed by atoms with Crippen LogP contribution in [0.5, 0.6) is 0 Å². The maximum absolute atomic E-state index is 12.8. The van der Waals surface area contributed by atoms with Gasteiger partial charge in [0.1, 0.15) is 0 Å². The highest BCUT2D eigenvalue weighted by atomic mass is 79.9. The Hall–Kier alpha value is -1.05. The summed E-state index contributed by atoms with van der Waals surface area (Å²) in [6.45, 7) is 1.56. The van der Waals surface area contributed by atoms with Crippen LogP contribution in [0.15, 0.2) is 33.6 Å².